The summed E-state index contributed by atoms with van der Waals surface area (Å²) < 4.78 is 0.722. The van der Waals surface area contributed by atoms with E-state index in [1.807, 2.05) is 11.8 Å². The second-order valence-corrected chi connectivity index (χ2v) is 5.50. The van der Waals surface area contributed by atoms with Crippen molar-refractivity contribution < 1.29 is 0 Å². The summed E-state index contributed by atoms with van der Waals surface area (Å²) in [5.41, 5.74) is 0. The van der Waals surface area contributed by atoms with Crippen LogP contribution >= 0.6 is 39.3 Å². The molecule has 1 atom stereocenters. The van der Waals surface area contributed by atoms with E-state index in [0.717, 1.165) is 21.8 Å². The Bertz CT molecular complexity index is 324. The van der Waals surface area contributed by atoms with Gasteiger partial charge in [-0.05, 0) is 28.6 Å². The highest BCUT2D eigenvalue weighted by atomic mass is 79.9. The number of thioether (sulfide) groups is 1. The van der Waals surface area contributed by atoms with Gasteiger partial charge < -0.3 is 5.32 Å². The third-order valence-corrected chi connectivity index (χ3v) is 4.11. The molecule has 0 saturated heterocycles. The first-order chi connectivity index (χ1) is 7.15. The molecular formula is C9H13BrClN3S. The second kappa shape index (κ2) is 6.55. The van der Waals surface area contributed by atoms with Crippen molar-refractivity contribution in [1.82, 2.24) is 9.97 Å². The number of anilines is 1. The van der Waals surface area contributed by atoms with Crippen molar-refractivity contribution in [2.45, 2.75) is 19.9 Å². The lowest BCUT2D eigenvalue weighted by Crippen LogP contribution is -2.19. The number of aromatic nitrogens is 2. The molecule has 0 saturated carbocycles. The highest BCUT2D eigenvalue weighted by Crippen LogP contribution is 2.26. The minimum Gasteiger partial charge on any atom is -0.366 e. The molecule has 0 bridgehead atoms. The smallest absolute Gasteiger partial charge is 0.148 e. The normalized spacial score (nSPS) is 12.5. The summed E-state index contributed by atoms with van der Waals surface area (Å²) >= 11 is 11.1. The van der Waals surface area contributed by atoms with E-state index in [0.29, 0.717) is 11.2 Å². The first-order valence-electron chi connectivity index (χ1n) is 4.65. The van der Waals surface area contributed by atoms with E-state index >= 15 is 0 Å². The van der Waals surface area contributed by atoms with Crippen LogP contribution < -0.4 is 5.32 Å². The Kier molecular flexibility index (Phi) is 5.71. The van der Waals surface area contributed by atoms with Crippen molar-refractivity contribution in [3.63, 3.8) is 0 Å². The van der Waals surface area contributed by atoms with E-state index in [2.05, 4.69) is 45.1 Å². The van der Waals surface area contributed by atoms with Gasteiger partial charge in [-0.15, -0.1) is 0 Å². The molecule has 1 rings (SSSR count). The molecule has 1 unspecified atom stereocenters. The SMILES string of the molecule is CCSCC(C)Nc1ncnc(Cl)c1Br. The van der Waals surface area contributed by atoms with Crippen LogP contribution in [0.4, 0.5) is 5.82 Å². The average Bonchev–Trinajstić information content (AvgIpc) is 2.22. The number of hydrogen-bond acceptors (Lipinski definition) is 4. The maximum Gasteiger partial charge on any atom is 0.148 e. The predicted octanol–water partition coefficient (Wildman–Crippen LogP) is 3.45. The molecule has 1 heterocycles. The van der Waals surface area contributed by atoms with Gasteiger partial charge in [0.15, 0.2) is 0 Å². The molecule has 0 aliphatic rings. The Balaban J connectivity index is 2.60. The van der Waals surface area contributed by atoms with Gasteiger partial charge in [0, 0.05) is 11.8 Å². The molecule has 15 heavy (non-hydrogen) atoms. The van der Waals surface area contributed by atoms with Gasteiger partial charge >= 0.3 is 0 Å². The standard InChI is InChI=1S/C9H13BrClN3S/c1-3-15-4-6(2)14-9-7(10)8(11)12-5-13-9/h5-6H,3-4H2,1-2H3,(H,12,13,14). The third-order valence-electron chi connectivity index (χ3n) is 1.70. The lowest BCUT2D eigenvalue weighted by molar-refractivity contribution is 0.896. The van der Waals surface area contributed by atoms with Gasteiger partial charge in [0.25, 0.3) is 0 Å². The van der Waals surface area contributed by atoms with Crippen molar-refractivity contribution in [2.24, 2.45) is 0 Å². The number of rotatable bonds is 5. The lowest BCUT2D eigenvalue weighted by Gasteiger charge is -2.14. The highest BCUT2D eigenvalue weighted by Gasteiger charge is 2.09. The number of nitrogens with zero attached hydrogens (tertiary/aromatic N) is 2. The molecule has 6 heteroatoms. The fraction of sp³-hybridized carbons (Fsp3) is 0.556. The summed E-state index contributed by atoms with van der Waals surface area (Å²) in [6, 6.07) is 0.359. The molecular weight excluding hydrogens is 298 g/mol. The quantitative estimate of drug-likeness (QED) is 0.845. The van der Waals surface area contributed by atoms with Gasteiger partial charge in [-0.2, -0.15) is 11.8 Å². The number of halogens is 2. The largest absolute Gasteiger partial charge is 0.366 e. The van der Waals surface area contributed by atoms with E-state index in [-0.39, 0.29) is 0 Å². The topological polar surface area (TPSA) is 37.8 Å². The van der Waals surface area contributed by atoms with Crippen molar-refractivity contribution in [3.8, 4) is 0 Å². The van der Waals surface area contributed by atoms with Gasteiger partial charge in [0.1, 0.15) is 17.3 Å². The Morgan fingerprint density at radius 2 is 2.33 bits per heavy atom. The van der Waals surface area contributed by atoms with Crippen LogP contribution in [-0.4, -0.2) is 27.5 Å². The van der Waals surface area contributed by atoms with E-state index in [1.165, 1.54) is 6.33 Å². The molecule has 0 fully saturated rings. The van der Waals surface area contributed by atoms with Crippen LogP contribution in [-0.2, 0) is 0 Å². The zero-order valence-corrected chi connectivity index (χ0v) is 11.8. The molecule has 1 aromatic rings. The van der Waals surface area contributed by atoms with Crippen LogP contribution in [0.2, 0.25) is 5.15 Å². The molecule has 1 N–H and O–H groups in total. The zero-order chi connectivity index (χ0) is 11.3. The molecule has 0 aliphatic carbocycles. The van der Waals surface area contributed by atoms with Crippen molar-refractivity contribution in [3.05, 3.63) is 16.0 Å². The van der Waals surface area contributed by atoms with E-state index in [1.54, 1.807) is 0 Å². The molecule has 0 spiro atoms. The summed E-state index contributed by atoms with van der Waals surface area (Å²) in [5, 5.41) is 3.72. The third kappa shape index (κ3) is 4.17. The second-order valence-electron chi connectivity index (χ2n) is 3.03. The van der Waals surface area contributed by atoms with Gasteiger partial charge in [-0.3, -0.25) is 0 Å². The first-order valence-corrected chi connectivity index (χ1v) is 6.98. The maximum absolute atomic E-state index is 5.86. The van der Waals surface area contributed by atoms with Crippen LogP contribution in [0.3, 0.4) is 0 Å². The van der Waals surface area contributed by atoms with Crippen molar-refractivity contribution in [1.29, 1.82) is 0 Å². The zero-order valence-electron chi connectivity index (χ0n) is 8.63. The Morgan fingerprint density at radius 1 is 1.60 bits per heavy atom. The molecule has 3 nitrogen and oxygen atoms in total. The fourth-order valence-electron chi connectivity index (χ4n) is 1.02. The van der Waals surface area contributed by atoms with Crippen molar-refractivity contribution >= 4 is 45.1 Å². The molecule has 84 valence electrons. The fourth-order valence-corrected chi connectivity index (χ4v) is 2.14. The summed E-state index contributed by atoms with van der Waals surface area (Å²) in [6.45, 7) is 4.26. The predicted molar refractivity (Wildman–Crippen MR) is 70.8 cm³/mol. The summed E-state index contributed by atoms with van der Waals surface area (Å²) in [6.07, 6.45) is 1.45. The van der Waals surface area contributed by atoms with Crippen LogP contribution in [0.1, 0.15) is 13.8 Å². The lowest BCUT2D eigenvalue weighted by atomic mass is 10.4. The minimum absolute atomic E-state index is 0.359. The number of nitrogens with one attached hydrogen (secondary N) is 1. The minimum atomic E-state index is 0.359. The Hall–Kier alpha value is -0.0000000000000000555. The average molecular weight is 311 g/mol. The molecule has 0 radical (unpaired) electrons. The van der Waals surface area contributed by atoms with Gasteiger partial charge in [-0.1, -0.05) is 18.5 Å². The van der Waals surface area contributed by atoms with Gasteiger partial charge in [0.05, 0.1) is 4.47 Å². The molecule has 1 aromatic heterocycles. The van der Waals surface area contributed by atoms with E-state index < -0.39 is 0 Å². The van der Waals surface area contributed by atoms with Crippen LogP contribution in [0.15, 0.2) is 10.8 Å². The van der Waals surface area contributed by atoms with Crippen LogP contribution in [0, 0.1) is 0 Å². The molecule has 0 aliphatic heterocycles. The van der Waals surface area contributed by atoms with Crippen LogP contribution in [0.25, 0.3) is 0 Å². The van der Waals surface area contributed by atoms with E-state index in [4.69, 9.17) is 11.6 Å². The van der Waals surface area contributed by atoms with Crippen LogP contribution in [0.5, 0.6) is 0 Å². The Morgan fingerprint density at radius 3 is 3.00 bits per heavy atom. The van der Waals surface area contributed by atoms with E-state index in [9.17, 15) is 0 Å². The van der Waals surface area contributed by atoms with Gasteiger partial charge in [-0.25, -0.2) is 9.97 Å². The summed E-state index contributed by atoms with van der Waals surface area (Å²) in [5.74, 6) is 2.92. The Labute approximate surface area is 108 Å². The van der Waals surface area contributed by atoms with Gasteiger partial charge in [0.2, 0.25) is 0 Å². The van der Waals surface area contributed by atoms with Crippen molar-refractivity contribution in [2.75, 3.05) is 16.8 Å². The monoisotopic (exact) mass is 309 g/mol. The molecule has 0 aromatic carbocycles. The summed E-state index contributed by atoms with van der Waals surface area (Å²) in [7, 11) is 0. The highest BCUT2D eigenvalue weighted by molar-refractivity contribution is 9.10. The molecule has 0 amide bonds. The number of hydrogen-bond donors (Lipinski definition) is 1. The first kappa shape index (κ1) is 13.1. The maximum atomic E-state index is 5.86. The summed E-state index contributed by atoms with van der Waals surface area (Å²) in [4.78, 5) is 8.00.